The summed E-state index contributed by atoms with van der Waals surface area (Å²) >= 11 is 6.04. The van der Waals surface area contributed by atoms with Crippen molar-refractivity contribution in [2.45, 2.75) is 39.2 Å². The van der Waals surface area contributed by atoms with E-state index in [9.17, 15) is 9.18 Å². The van der Waals surface area contributed by atoms with Gasteiger partial charge in [0.1, 0.15) is 5.82 Å². The lowest BCUT2D eigenvalue weighted by Gasteiger charge is -2.28. The molecular formula is C17H25Cl2FN2O. The van der Waals surface area contributed by atoms with E-state index < -0.39 is 0 Å². The van der Waals surface area contributed by atoms with Crippen LogP contribution in [0.2, 0.25) is 5.02 Å². The van der Waals surface area contributed by atoms with E-state index in [0.717, 1.165) is 18.7 Å². The monoisotopic (exact) mass is 362 g/mol. The van der Waals surface area contributed by atoms with E-state index in [0.29, 0.717) is 23.3 Å². The van der Waals surface area contributed by atoms with Gasteiger partial charge in [-0.1, -0.05) is 24.6 Å². The Hall–Kier alpha value is -0.840. The number of carbonyl (C=O) groups is 1. The highest BCUT2D eigenvalue weighted by atomic mass is 35.5. The molecule has 6 heteroatoms. The highest BCUT2D eigenvalue weighted by Gasteiger charge is 2.23. The fourth-order valence-electron chi connectivity index (χ4n) is 3.05. The van der Waals surface area contributed by atoms with Crippen molar-refractivity contribution in [3.8, 4) is 0 Å². The molecule has 3 nitrogen and oxygen atoms in total. The van der Waals surface area contributed by atoms with Crippen LogP contribution >= 0.6 is 24.0 Å². The highest BCUT2D eigenvalue weighted by molar-refractivity contribution is 6.31. The van der Waals surface area contributed by atoms with Crippen LogP contribution in [-0.2, 0) is 4.79 Å². The van der Waals surface area contributed by atoms with Crippen LogP contribution in [0.15, 0.2) is 18.2 Å². The summed E-state index contributed by atoms with van der Waals surface area (Å²) in [5, 5.41) is 6.69. The molecule has 1 aliphatic heterocycles. The van der Waals surface area contributed by atoms with Crippen molar-refractivity contribution in [3.05, 3.63) is 34.6 Å². The van der Waals surface area contributed by atoms with Gasteiger partial charge in [-0.15, -0.1) is 12.4 Å². The molecule has 3 unspecified atom stereocenters. The number of piperidine rings is 1. The summed E-state index contributed by atoms with van der Waals surface area (Å²) < 4.78 is 13.1. The van der Waals surface area contributed by atoms with Crippen LogP contribution in [0, 0.1) is 17.7 Å². The zero-order valence-corrected chi connectivity index (χ0v) is 15.1. The molecule has 1 fully saturated rings. The van der Waals surface area contributed by atoms with Gasteiger partial charge in [0.2, 0.25) is 5.91 Å². The van der Waals surface area contributed by atoms with Crippen molar-refractivity contribution in [2.75, 3.05) is 13.1 Å². The third kappa shape index (κ3) is 5.94. The molecule has 1 heterocycles. The molecule has 0 spiro atoms. The van der Waals surface area contributed by atoms with Crippen LogP contribution in [0.3, 0.4) is 0 Å². The van der Waals surface area contributed by atoms with Gasteiger partial charge in [0.05, 0.1) is 6.04 Å². The first-order valence-corrected chi connectivity index (χ1v) is 8.30. The Morgan fingerprint density at radius 1 is 1.48 bits per heavy atom. The number of hydrogen-bond donors (Lipinski definition) is 2. The highest BCUT2D eigenvalue weighted by Crippen LogP contribution is 2.25. The fraction of sp³-hybridized carbons (Fsp3) is 0.588. The second-order valence-corrected chi connectivity index (χ2v) is 6.65. The Kier molecular flexibility index (Phi) is 8.31. The SMILES string of the molecule is CC(NC(=O)CC(C)C1CCCNC1)c1ccc(F)cc1Cl.Cl. The Labute approximate surface area is 148 Å². The van der Waals surface area contributed by atoms with Crippen LogP contribution in [0.1, 0.15) is 44.7 Å². The number of benzene rings is 1. The summed E-state index contributed by atoms with van der Waals surface area (Å²) in [7, 11) is 0. The molecule has 2 N–H and O–H groups in total. The number of amides is 1. The maximum Gasteiger partial charge on any atom is 0.220 e. The Balaban J connectivity index is 0.00000264. The van der Waals surface area contributed by atoms with Gasteiger partial charge in [0.15, 0.2) is 0 Å². The van der Waals surface area contributed by atoms with Crippen molar-refractivity contribution >= 4 is 29.9 Å². The molecule has 23 heavy (non-hydrogen) atoms. The van der Waals surface area contributed by atoms with Gasteiger partial charge in [-0.05, 0) is 62.4 Å². The minimum absolute atomic E-state index is 0. The molecule has 1 aromatic rings. The third-order valence-electron chi connectivity index (χ3n) is 4.45. The molecule has 0 saturated carbocycles. The molecule has 1 amide bonds. The number of rotatable bonds is 5. The number of halogens is 3. The van der Waals surface area contributed by atoms with E-state index in [4.69, 9.17) is 11.6 Å². The van der Waals surface area contributed by atoms with Crippen LogP contribution in [0.4, 0.5) is 4.39 Å². The molecule has 0 aromatic heterocycles. The van der Waals surface area contributed by atoms with Gasteiger partial charge in [-0.2, -0.15) is 0 Å². The van der Waals surface area contributed by atoms with E-state index in [1.807, 2.05) is 6.92 Å². The van der Waals surface area contributed by atoms with Crippen molar-refractivity contribution in [1.29, 1.82) is 0 Å². The lowest BCUT2D eigenvalue weighted by molar-refractivity contribution is -0.123. The molecule has 0 radical (unpaired) electrons. The standard InChI is InChI=1S/C17H24ClFN2O.ClH/c1-11(13-4-3-7-20-10-13)8-17(22)21-12(2)15-6-5-14(19)9-16(15)18;/h5-6,9,11-13,20H,3-4,7-8,10H2,1-2H3,(H,21,22);1H. The van der Waals surface area contributed by atoms with Crippen LogP contribution in [0.5, 0.6) is 0 Å². The van der Waals surface area contributed by atoms with E-state index in [1.165, 1.54) is 25.0 Å². The van der Waals surface area contributed by atoms with Crippen LogP contribution in [0.25, 0.3) is 0 Å². The van der Waals surface area contributed by atoms with Gasteiger partial charge in [0, 0.05) is 11.4 Å². The van der Waals surface area contributed by atoms with Crippen molar-refractivity contribution in [1.82, 2.24) is 10.6 Å². The maximum absolute atomic E-state index is 13.1. The summed E-state index contributed by atoms with van der Waals surface area (Å²) in [6, 6.07) is 4.03. The first-order valence-electron chi connectivity index (χ1n) is 7.92. The summed E-state index contributed by atoms with van der Waals surface area (Å²) in [6.07, 6.45) is 2.87. The average Bonchev–Trinajstić information content (AvgIpc) is 2.47. The molecule has 130 valence electrons. The Bertz CT molecular complexity index is 521. The predicted molar refractivity (Wildman–Crippen MR) is 94.6 cm³/mol. The molecule has 1 saturated heterocycles. The second kappa shape index (κ2) is 9.45. The summed E-state index contributed by atoms with van der Waals surface area (Å²) in [5.41, 5.74) is 0.739. The van der Waals surface area contributed by atoms with E-state index in [-0.39, 0.29) is 30.2 Å². The van der Waals surface area contributed by atoms with Crippen molar-refractivity contribution < 1.29 is 9.18 Å². The summed E-state index contributed by atoms with van der Waals surface area (Å²) in [5.74, 6) is 0.560. The maximum atomic E-state index is 13.1. The number of carbonyl (C=O) groups excluding carboxylic acids is 1. The van der Waals surface area contributed by atoms with E-state index >= 15 is 0 Å². The van der Waals surface area contributed by atoms with Gasteiger partial charge >= 0.3 is 0 Å². The quantitative estimate of drug-likeness (QED) is 0.827. The smallest absolute Gasteiger partial charge is 0.220 e. The van der Waals surface area contributed by atoms with Crippen LogP contribution in [-0.4, -0.2) is 19.0 Å². The minimum atomic E-state index is -0.370. The topological polar surface area (TPSA) is 41.1 Å². The normalized spacial score (nSPS) is 20.3. The minimum Gasteiger partial charge on any atom is -0.350 e. The van der Waals surface area contributed by atoms with Crippen molar-refractivity contribution in [3.63, 3.8) is 0 Å². The number of nitrogens with one attached hydrogen (secondary N) is 2. The molecule has 1 aromatic carbocycles. The van der Waals surface area contributed by atoms with Gasteiger partial charge < -0.3 is 10.6 Å². The molecule has 2 rings (SSSR count). The zero-order chi connectivity index (χ0) is 16.1. The largest absolute Gasteiger partial charge is 0.350 e. The lowest BCUT2D eigenvalue weighted by Crippen LogP contribution is -2.36. The van der Waals surface area contributed by atoms with E-state index in [1.54, 1.807) is 6.07 Å². The molecule has 1 aliphatic rings. The first-order chi connectivity index (χ1) is 10.5. The fourth-order valence-corrected chi connectivity index (χ4v) is 3.39. The van der Waals surface area contributed by atoms with Gasteiger partial charge in [0.25, 0.3) is 0 Å². The lowest BCUT2D eigenvalue weighted by atomic mass is 9.85. The molecule has 3 atom stereocenters. The first kappa shape index (κ1) is 20.2. The van der Waals surface area contributed by atoms with Gasteiger partial charge in [-0.3, -0.25) is 4.79 Å². The molecule has 0 bridgehead atoms. The van der Waals surface area contributed by atoms with Gasteiger partial charge in [-0.25, -0.2) is 4.39 Å². The summed E-state index contributed by atoms with van der Waals surface area (Å²) in [6.45, 7) is 6.07. The second-order valence-electron chi connectivity index (χ2n) is 6.24. The van der Waals surface area contributed by atoms with E-state index in [2.05, 4.69) is 17.6 Å². The van der Waals surface area contributed by atoms with Crippen LogP contribution < -0.4 is 10.6 Å². The Morgan fingerprint density at radius 3 is 2.83 bits per heavy atom. The Morgan fingerprint density at radius 2 is 2.22 bits per heavy atom. The molecular weight excluding hydrogens is 338 g/mol. The third-order valence-corrected chi connectivity index (χ3v) is 4.78. The summed E-state index contributed by atoms with van der Waals surface area (Å²) in [4.78, 5) is 12.2. The predicted octanol–water partition coefficient (Wildman–Crippen LogP) is 4.10. The average molecular weight is 363 g/mol. The zero-order valence-electron chi connectivity index (χ0n) is 13.6. The van der Waals surface area contributed by atoms with Crippen molar-refractivity contribution in [2.24, 2.45) is 11.8 Å². The number of hydrogen-bond acceptors (Lipinski definition) is 2. The molecule has 0 aliphatic carbocycles.